The highest BCUT2D eigenvalue weighted by atomic mass is 16.8. The normalized spacial score (nSPS) is 21.1. The molecule has 1 unspecified atom stereocenters. The smallest absolute Gasteiger partial charge is 0.438 e. The Morgan fingerprint density at radius 1 is 1.32 bits per heavy atom. The van der Waals surface area contributed by atoms with E-state index in [2.05, 4.69) is 4.74 Å². The van der Waals surface area contributed by atoms with Crippen LogP contribution in [-0.4, -0.2) is 33.9 Å². The molecule has 9 nitrogen and oxygen atoms in total. The van der Waals surface area contributed by atoms with Crippen molar-refractivity contribution in [1.29, 1.82) is 0 Å². The lowest BCUT2D eigenvalue weighted by atomic mass is 9.85. The number of esters is 1. The number of para-hydroxylation sites is 1. The minimum atomic E-state index is -2.06. The summed E-state index contributed by atoms with van der Waals surface area (Å²) in [6.07, 6.45) is -2.78. The molecule has 1 N–H and O–H groups in total. The monoisotopic (exact) mass is 422 g/mol. The van der Waals surface area contributed by atoms with Gasteiger partial charge in [-0.15, -0.1) is 0 Å². The van der Waals surface area contributed by atoms with Gasteiger partial charge in [0.15, 0.2) is 5.60 Å². The van der Waals surface area contributed by atoms with E-state index in [0.717, 1.165) is 23.6 Å². The molecule has 0 saturated carbocycles. The van der Waals surface area contributed by atoms with Crippen molar-refractivity contribution in [3.05, 3.63) is 63.4 Å². The number of carbonyl (C=O) groups excluding carboxylic acids is 2. The third kappa shape index (κ3) is 2.66. The molecular formula is C22H18N2O7. The van der Waals surface area contributed by atoms with Gasteiger partial charge in [-0.2, -0.15) is 0 Å². The lowest BCUT2D eigenvalue weighted by Crippen LogP contribution is -2.47. The lowest BCUT2D eigenvalue weighted by Gasteiger charge is -2.35. The van der Waals surface area contributed by atoms with Crippen molar-refractivity contribution in [2.75, 3.05) is 7.11 Å². The van der Waals surface area contributed by atoms with Gasteiger partial charge in [-0.3, -0.25) is 4.79 Å². The first-order valence-electron chi connectivity index (χ1n) is 9.72. The Balaban J connectivity index is 1.76. The molecule has 9 heteroatoms. The zero-order valence-electron chi connectivity index (χ0n) is 16.7. The van der Waals surface area contributed by atoms with Crippen LogP contribution in [-0.2, 0) is 31.2 Å². The molecule has 4 heterocycles. The molecule has 0 bridgehead atoms. The fraction of sp³-hybridized carbons (Fsp3) is 0.273. The maximum absolute atomic E-state index is 13.5. The van der Waals surface area contributed by atoms with Crippen molar-refractivity contribution in [3.8, 4) is 11.4 Å². The highest BCUT2D eigenvalue weighted by Crippen LogP contribution is 2.42. The van der Waals surface area contributed by atoms with Crippen LogP contribution in [0.4, 0.5) is 4.79 Å². The summed E-state index contributed by atoms with van der Waals surface area (Å²) in [7, 11) is 1.10. The first-order chi connectivity index (χ1) is 14.9. The van der Waals surface area contributed by atoms with Crippen LogP contribution >= 0.6 is 0 Å². The van der Waals surface area contributed by atoms with Crippen LogP contribution in [0.1, 0.15) is 36.3 Å². The van der Waals surface area contributed by atoms with E-state index in [1.54, 1.807) is 13.0 Å². The molecule has 5 rings (SSSR count). The Labute approximate surface area is 175 Å². The fourth-order valence-corrected chi connectivity index (χ4v) is 4.17. The number of hydrogen-bond acceptors (Lipinski definition) is 8. The molecule has 158 valence electrons. The molecule has 2 aromatic heterocycles. The molecule has 2 atom stereocenters. The van der Waals surface area contributed by atoms with Crippen molar-refractivity contribution in [2.45, 2.75) is 31.8 Å². The fourth-order valence-electron chi connectivity index (χ4n) is 4.17. The topological polar surface area (TPSA) is 117 Å². The SMILES string of the molecule is CC[C@@]1(O)C(=O)OC(OC(=O)OC)c2c1cc1n(c2=O)Cc2cc3ccccc3nc2-1. The number of methoxy groups -OCH3 is 1. The average molecular weight is 422 g/mol. The van der Waals surface area contributed by atoms with Gasteiger partial charge in [-0.25, -0.2) is 14.6 Å². The Morgan fingerprint density at radius 3 is 2.84 bits per heavy atom. The van der Waals surface area contributed by atoms with E-state index >= 15 is 0 Å². The molecule has 1 aromatic carbocycles. The molecule has 0 aliphatic carbocycles. The van der Waals surface area contributed by atoms with Crippen molar-refractivity contribution in [2.24, 2.45) is 0 Å². The number of hydrogen-bond donors (Lipinski definition) is 1. The lowest BCUT2D eigenvalue weighted by molar-refractivity contribution is -0.202. The standard InChI is InChI=1S/C22H18N2O7/c1-3-22(28)13-9-15-17-12(8-11-6-4-5-7-14(11)23-17)10-24(15)18(25)16(13)19(30-20(22)26)31-21(27)29-2/h4-9,19,28H,3,10H2,1-2H3/t19?,22-/m0/s1. The quantitative estimate of drug-likeness (QED) is 0.489. The van der Waals surface area contributed by atoms with Crippen LogP contribution in [0.2, 0.25) is 0 Å². The third-order valence-electron chi connectivity index (χ3n) is 5.83. The Kier molecular flexibility index (Phi) is 4.13. The molecule has 2 aliphatic rings. The van der Waals surface area contributed by atoms with E-state index in [1.165, 1.54) is 4.57 Å². The molecule has 2 aliphatic heterocycles. The largest absolute Gasteiger partial charge is 0.511 e. The zero-order valence-corrected chi connectivity index (χ0v) is 16.7. The van der Waals surface area contributed by atoms with E-state index in [9.17, 15) is 19.5 Å². The second-order valence-electron chi connectivity index (χ2n) is 7.46. The Hall–Kier alpha value is -3.72. The summed E-state index contributed by atoms with van der Waals surface area (Å²) in [4.78, 5) is 42.4. The van der Waals surface area contributed by atoms with Gasteiger partial charge in [0, 0.05) is 16.5 Å². The molecule has 0 saturated heterocycles. The summed E-state index contributed by atoms with van der Waals surface area (Å²) in [6, 6.07) is 11.1. The first kappa shape index (κ1) is 19.3. The molecule has 0 spiro atoms. The predicted molar refractivity (Wildman–Crippen MR) is 107 cm³/mol. The number of nitrogens with zero attached hydrogens (tertiary/aromatic N) is 2. The van der Waals surface area contributed by atoms with Crippen LogP contribution in [0.3, 0.4) is 0 Å². The summed E-state index contributed by atoms with van der Waals surface area (Å²) in [5.74, 6) is -1.01. The predicted octanol–water partition coefficient (Wildman–Crippen LogP) is 2.36. The summed E-state index contributed by atoms with van der Waals surface area (Å²) in [6.45, 7) is 1.84. The molecule has 0 amide bonds. The second kappa shape index (κ2) is 6.64. The number of rotatable bonds is 2. The van der Waals surface area contributed by atoms with Gasteiger partial charge in [0.05, 0.1) is 30.6 Å². The Bertz CT molecular complexity index is 1330. The second-order valence-corrected chi connectivity index (χ2v) is 7.46. The van der Waals surface area contributed by atoms with E-state index in [-0.39, 0.29) is 24.1 Å². The first-order valence-corrected chi connectivity index (χ1v) is 9.72. The minimum absolute atomic E-state index is 0.0370. The van der Waals surface area contributed by atoms with Gasteiger partial charge in [0.2, 0.25) is 0 Å². The highest BCUT2D eigenvalue weighted by molar-refractivity contribution is 5.86. The van der Waals surface area contributed by atoms with E-state index in [0.29, 0.717) is 11.4 Å². The maximum atomic E-state index is 13.5. The van der Waals surface area contributed by atoms with Gasteiger partial charge in [0.1, 0.15) is 5.56 Å². The number of fused-ring (bicyclic) bond motifs is 5. The van der Waals surface area contributed by atoms with Gasteiger partial charge in [0.25, 0.3) is 11.8 Å². The number of cyclic esters (lactones) is 1. The summed E-state index contributed by atoms with van der Waals surface area (Å²) in [5, 5.41) is 12.0. The molecule has 31 heavy (non-hydrogen) atoms. The molecule has 3 aromatic rings. The number of carbonyl (C=O) groups is 2. The maximum Gasteiger partial charge on any atom is 0.511 e. The number of aliphatic hydroxyl groups is 1. The number of benzene rings is 1. The Morgan fingerprint density at radius 2 is 2.10 bits per heavy atom. The van der Waals surface area contributed by atoms with Crippen LogP contribution in [0, 0.1) is 0 Å². The van der Waals surface area contributed by atoms with Crippen molar-refractivity contribution < 1.29 is 28.9 Å². The average Bonchev–Trinajstić information content (AvgIpc) is 3.13. The van der Waals surface area contributed by atoms with E-state index in [4.69, 9.17) is 14.5 Å². The minimum Gasteiger partial charge on any atom is -0.438 e. The molecular weight excluding hydrogens is 404 g/mol. The summed E-state index contributed by atoms with van der Waals surface area (Å²) < 4.78 is 16.1. The van der Waals surface area contributed by atoms with Crippen LogP contribution in [0.25, 0.3) is 22.3 Å². The van der Waals surface area contributed by atoms with Gasteiger partial charge in [-0.05, 0) is 24.6 Å². The third-order valence-corrected chi connectivity index (χ3v) is 5.83. The molecule has 0 fully saturated rings. The van der Waals surface area contributed by atoms with E-state index < -0.39 is 29.6 Å². The van der Waals surface area contributed by atoms with Crippen molar-refractivity contribution >= 4 is 23.0 Å². The van der Waals surface area contributed by atoms with Gasteiger partial charge < -0.3 is 23.9 Å². The summed E-state index contributed by atoms with van der Waals surface area (Å²) in [5.41, 5.74) is -0.00530. The van der Waals surface area contributed by atoms with E-state index in [1.807, 2.05) is 30.3 Å². The van der Waals surface area contributed by atoms with Crippen LogP contribution < -0.4 is 5.56 Å². The van der Waals surface area contributed by atoms with Gasteiger partial charge >= 0.3 is 12.1 Å². The number of pyridine rings is 2. The number of aromatic nitrogens is 2. The van der Waals surface area contributed by atoms with Crippen LogP contribution in [0.15, 0.2) is 41.2 Å². The zero-order chi connectivity index (χ0) is 21.9. The van der Waals surface area contributed by atoms with Crippen molar-refractivity contribution in [3.63, 3.8) is 0 Å². The number of ether oxygens (including phenoxy) is 3. The molecule has 0 radical (unpaired) electrons. The summed E-state index contributed by atoms with van der Waals surface area (Å²) >= 11 is 0. The van der Waals surface area contributed by atoms with Crippen LogP contribution in [0.5, 0.6) is 0 Å². The highest BCUT2D eigenvalue weighted by Gasteiger charge is 2.50. The van der Waals surface area contributed by atoms with Crippen molar-refractivity contribution in [1.82, 2.24) is 9.55 Å². The van der Waals surface area contributed by atoms with Gasteiger partial charge in [-0.1, -0.05) is 25.1 Å².